The van der Waals surface area contributed by atoms with Gasteiger partial charge in [0.25, 0.3) is 5.91 Å². The molecule has 1 fully saturated rings. The largest absolute Gasteiger partial charge is 0.337 e. The van der Waals surface area contributed by atoms with Crippen LogP contribution in [-0.4, -0.2) is 41.5 Å². The Labute approximate surface area is 115 Å². The van der Waals surface area contributed by atoms with Crippen molar-refractivity contribution in [1.82, 2.24) is 15.2 Å². The van der Waals surface area contributed by atoms with Crippen molar-refractivity contribution < 1.29 is 4.79 Å². The van der Waals surface area contributed by atoms with Crippen LogP contribution in [0.4, 0.5) is 0 Å². The Balaban J connectivity index is 2.02. The molecule has 4 heteroatoms. The van der Waals surface area contributed by atoms with Crippen molar-refractivity contribution in [2.24, 2.45) is 0 Å². The van der Waals surface area contributed by atoms with Gasteiger partial charge in [-0.1, -0.05) is 6.42 Å². The molecule has 1 N–H and O–H groups in total. The Morgan fingerprint density at radius 1 is 1.53 bits per heavy atom. The molecular formula is C15H23N3O. The average molecular weight is 261 g/mol. The summed E-state index contributed by atoms with van der Waals surface area (Å²) in [5.41, 5.74) is 1.63. The van der Waals surface area contributed by atoms with E-state index in [9.17, 15) is 4.79 Å². The molecule has 1 amide bonds. The van der Waals surface area contributed by atoms with Crippen molar-refractivity contribution in [3.05, 3.63) is 29.6 Å². The van der Waals surface area contributed by atoms with Crippen LogP contribution in [-0.2, 0) is 0 Å². The summed E-state index contributed by atoms with van der Waals surface area (Å²) in [4.78, 5) is 18.5. The molecule has 1 aliphatic heterocycles. The van der Waals surface area contributed by atoms with Crippen LogP contribution >= 0.6 is 0 Å². The zero-order valence-electron chi connectivity index (χ0n) is 11.9. The molecular weight excluding hydrogens is 238 g/mol. The summed E-state index contributed by atoms with van der Waals surface area (Å²) >= 11 is 0. The number of aryl methyl sites for hydroxylation is 1. The fourth-order valence-electron chi connectivity index (χ4n) is 2.56. The first kappa shape index (κ1) is 14.0. The SMILES string of the molecule is CCN(CC1CCCCN1)C(=O)c1ccnc(C)c1. The number of aromatic nitrogens is 1. The fourth-order valence-corrected chi connectivity index (χ4v) is 2.56. The number of carbonyl (C=O) groups is 1. The molecule has 104 valence electrons. The Morgan fingerprint density at radius 3 is 3.00 bits per heavy atom. The lowest BCUT2D eigenvalue weighted by atomic mass is 10.0. The van der Waals surface area contributed by atoms with E-state index in [-0.39, 0.29) is 5.91 Å². The molecule has 0 aliphatic carbocycles. The highest BCUT2D eigenvalue weighted by Gasteiger charge is 2.20. The first-order valence-electron chi connectivity index (χ1n) is 7.16. The van der Waals surface area contributed by atoms with Crippen LogP contribution in [0.5, 0.6) is 0 Å². The van der Waals surface area contributed by atoms with Gasteiger partial charge in [0.05, 0.1) is 0 Å². The Bertz CT molecular complexity index is 427. The Morgan fingerprint density at radius 2 is 2.37 bits per heavy atom. The predicted molar refractivity (Wildman–Crippen MR) is 76.2 cm³/mol. The summed E-state index contributed by atoms with van der Waals surface area (Å²) in [7, 11) is 0. The van der Waals surface area contributed by atoms with Gasteiger partial charge in [0.2, 0.25) is 0 Å². The van der Waals surface area contributed by atoms with E-state index in [1.807, 2.05) is 24.8 Å². The highest BCUT2D eigenvalue weighted by Crippen LogP contribution is 2.11. The van der Waals surface area contributed by atoms with Crippen LogP contribution in [0.15, 0.2) is 18.3 Å². The highest BCUT2D eigenvalue weighted by molar-refractivity contribution is 5.94. The highest BCUT2D eigenvalue weighted by atomic mass is 16.2. The third-order valence-electron chi connectivity index (χ3n) is 3.67. The van der Waals surface area contributed by atoms with E-state index >= 15 is 0 Å². The second-order valence-corrected chi connectivity index (χ2v) is 5.18. The topological polar surface area (TPSA) is 45.2 Å². The summed E-state index contributed by atoms with van der Waals surface area (Å²) in [6.45, 7) is 6.57. The monoisotopic (exact) mass is 261 g/mol. The Kier molecular flexibility index (Phi) is 4.91. The number of nitrogens with one attached hydrogen (secondary N) is 1. The zero-order chi connectivity index (χ0) is 13.7. The van der Waals surface area contributed by atoms with E-state index in [2.05, 4.69) is 10.3 Å². The molecule has 0 aromatic carbocycles. The minimum Gasteiger partial charge on any atom is -0.337 e. The molecule has 0 saturated carbocycles. The molecule has 1 aliphatic rings. The Hall–Kier alpha value is -1.42. The predicted octanol–water partition coefficient (Wildman–Crippen LogP) is 1.99. The second kappa shape index (κ2) is 6.66. The smallest absolute Gasteiger partial charge is 0.254 e. The normalized spacial score (nSPS) is 19.2. The molecule has 0 bridgehead atoms. The number of piperidine rings is 1. The molecule has 2 heterocycles. The lowest BCUT2D eigenvalue weighted by Gasteiger charge is -2.30. The third kappa shape index (κ3) is 3.77. The first-order chi connectivity index (χ1) is 9.20. The zero-order valence-corrected chi connectivity index (χ0v) is 11.9. The maximum absolute atomic E-state index is 12.5. The average Bonchev–Trinajstić information content (AvgIpc) is 2.45. The molecule has 4 nitrogen and oxygen atoms in total. The fraction of sp³-hybridized carbons (Fsp3) is 0.600. The van der Waals surface area contributed by atoms with E-state index < -0.39 is 0 Å². The number of pyridine rings is 1. The number of carbonyl (C=O) groups excluding carboxylic acids is 1. The summed E-state index contributed by atoms with van der Waals surface area (Å²) in [6, 6.07) is 4.10. The van der Waals surface area contributed by atoms with Gasteiger partial charge < -0.3 is 10.2 Å². The van der Waals surface area contributed by atoms with E-state index in [0.29, 0.717) is 6.04 Å². The summed E-state index contributed by atoms with van der Waals surface area (Å²) in [5.74, 6) is 0.111. The molecule has 0 spiro atoms. The standard InChI is InChI=1S/C15H23N3O/c1-3-18(11-14-6-4-5-8-17-14)15(19)13-7-9-16-12(2)10-13/h7,9-10,14,17H,3-6,8,11H2,1-2H3. The van der Waals surface area contributed by atoms with Crippen molar-refractivity contribution in [2.75, 3.05) is 19.6 Å². The van der Waals surface area contributed by atoms with Crippen molar-refractivity contribution >= 4 is 5.91 Å². The van der Waals surface area contributed by atoms with Crippen molar-refractivity contribution in [1.29, 1.82) is 0 Å². The van der Waals surface area contributed by atoms with Crippen LogP contribution in [0.3, 0.4) is 0 Å². The summed E-state index contributed by atoms with van der Waals surface area (Å²) in [5, 5.41) is 3.50. The second-order valence-electron chi connectivity index (χ2n) is 5.18. The number of nitrogens with zero attached hydrogens (tertiary/aromatic N) is 2. The number of hydrogen-bond acceptors (Lipinski definition) is 3. The van der Waals surface area contributed by atoms with Crippen LogP contribution in [0, 0.1) is 6.92 Å². The van der Waals surface area contributed by atoms with Gasteiger partial charge in [0.1, 0.15) is 0 Å². The van der Waals surface area contributed by atoms with Gasteiger partial charge in [-0.3, -0.25) is 9.78 Å². The minimum atomic E-state index is 0.111. The van der Waals surface area contributed by atoms with Crippen molar-refractivity contribution in [3.63, 3.8) is 0 Å². The van der Waals surface area contributed by atoms with Gasteiger partial charge >= 0.3 is 0 Å². The maximum atomic E-state index is 12.5. The van der Waals surface area contributed by atoms with Crippen LogP contribution < -0.4 is 5.32 Å². The van der Waals surface area contributed by atoms with Gasteiger partial charge in [-0.2, -0.15) is 0 Å². The van der Waals surface area contributed by atoms with Crippen molar-refractivity contribution in [3.8, 4) is 0 Å². The number of likely N-dealkylation sites (N-methyl/N-ethyl adjacent to an activating group) is 1. The van der Waals surface area contributed by atoms with E-state index in [0.717, 1.165) is 30.9 Å². The van der Waals surface area contributed by atoms with Gasteiger partial charge in [-0.05, 0) is 45.4 Å². The van der Waals surface area contributed by atoms with Crippen LogP contribution in [0.25, 0.3) is 0 Å². The summed E-state index contributed by atoms with van der Waals surface area (Å²) < 4.78 is 0. The molecule has 0 radical (unpaired) electrons. The van der Waals surface area contributed by atoms with Crippen LogP contribution in [0.1, 0.15) is 42.2 Å². The van der Waals surface area contributed by atoms with Gasteiger partial charge in [0.15, 0.2) is 0 Å². The van der Waals surface area contributed by atoms with Crippen LogP contribution in [0.2, 0.25) is 0 Å². The maximum Gasteiger partial charge on any atom is 0.254 e. The number of hydrogen-bond donors (Lipinski definition) is 1. The summed E-state index contributed by atoms with van der Waals surface area (Å²) in [6.07, 6.45) is 5.38. The molecule has 19 heavy (non-hydrogen) atoms. The van der Waals surface area contributed by atoms with Gasteiger partial charge in [0, 0.05) is 36.6 Å². The molecule has 1 aromatic heterocycles. The molecule has 2 rings (SSSR count). The molecule has 1 saturated heterocycles. The quantitative estimate of drug-likeness (QED) is 0.901. The van der Waals surface area contributed by atoms with E-state index in [1.54, 1.807) is 12.3 Å². The van der Waals surface area contributed by atoms with E-state index in [4.69, 9.17) is 0 Å². The van der Waals surface area contributed by atoms with Crippen molar-refractivity contribution in [2.45, 2.75) is 39.2 Å². The lowest BCUT2D eigenvalue weighted by Crippen LogP contribution is -2.45. The molecule has 1 unspecified atom stereocenters. The lowest BCUT2D eigenvalue weighted by molar-refractivity contribution is 0.0741. The number of rotatable bonds is 4. The van der Waals surface area contributed by atoms with Gasteiger partial charge in [-0.15, -0.1) is 0 Å². The van der Waals surface area contributed by atoms with Gasteiger partial charge in [-0.25, -0.2) is 0 Å². The first-order valence-corrected chi connectivity index (χ1v) is 7.16. The van der Waals surface area contributed by atoms with E-state index in [1.165, 1.54) is 19.3 Å². The molecule has 1 aromatic rings. The third-order valence-corrected chi connectivity index (χ3v) is 3.67. The minimum absolute atomic E-state index is 0.111. The molecule has 1 atom stereocenters. The number of amides is 1.